The van der Waals surface area contributed by atoms with Crippen molar-refractivity contribution in [2.45, 2.75) is 62.9 Å². The van der Waals surface area contributed by atoms with Gasteiger partial charge in [0.1, 0.15) is 18.2 Å². The molecule has 0 aromatic rings. The fraction of sp³-hybridized carbons (Fsp3) is 0.840. The highest BCUT2D eigenvalue weighted by molar-refractivity contribution is 5.96. The monoisotopic (exact) mass is 506 g/mol. The van der Waals surface area contributed by atoms with Crippen molar-refractivity contribution in [2.24, 2.45) is 10.9 Å². The molecule has 1 saturated carbocycles. The first-order chi connectivity index (χ1) is 17.4. The van der Waals surface area contributed by atoms with Crippen LogP contribution in [0.25, 0.3) is 0 Å². The first-order valence-corrected chi connectivity index (χ1v) is 13.2. The Kier molecular flexibility index (Phi) is 11.2. The smallest absolute Gasteiger partial charge is 0.414 e. The van der Waals surface area contributed by atoms with Crippen LogP contribution in [0.15, 0.2) is 4.99 Å². The summed E-state index contributed by atoms with van der Waals surface area (Å²) in [5.74, 6) is 0.436. The summed E-state index contributed by atoms with van der Waals surface area (Å²) >= 11 is 0. The lowest BCUT2D eigenvalue weighted by molar-refractivity contribution is -0.124. The van der Waals surface area contributed by atoms with E-state index in [4.69, 9.17) is 19.2 Å². The number of hydrogen-bond donors (Lipinski definition) is 2. The number of methoxy groups -OCH3 is 1. The molecule has 2 N–H and O–H groups in total. The lowest BCUT2D eigenvalue weighted by Gasteiger charge is -2.37. The summed E-state index contributed by atoms with van der Waals surface area (Å²) < 4.78 is 15.6. The molecule has 0 bridgehead atoms. The van der Waals surface area contributed by atoms with E-state index in [9.17, 15) is 14.9 Å². The number of alkyl carbamates (subject to hydrolysis) is 1. The summed E-state index contributed by atoms with van der Waals surface area (Å²) in [5.41, 5.74) is -0.893. The second-order valence-electron chi connectivity index (χ2n) is 10.0. The van der Waals surface area contributed by atoms with Crippen LogP contribution in [0.5, 0.6) is 0 Å². The molecule has 3 aliphatic rings. The van der Waals surface area contributed by atoms with Crippen molar-refractivity contribution >= 4 is 18.0 Å². The van der Waals surface area contributed by atoms with Gasteiger partial charge in [0.05, 0.1) is 25.9 Å². The quantitative estimate of drug-likeness (QED) is 0.288. The number of nitrogens with zero attached hydrogens (tertiary/aromatic N) is 4. The van der Waals surface area contributed by atoms with Crippen molar-refractivity contribution in [3.63, 3.8) is 0 Å². The Morgan fingerprint density at radius 2 is 1.83 bits per heavy atom. The predicted molar refractivity (Wildman–Crippen MR) is 134 cm³/mol. The third-order valence-corrected chi connectivity index (χ3v) is 7.32. The van der Waals surface area contributed by atoms with Crippen LogP contribution in [0, 0.1) is 17.2 Å². The van der Waals surface area contributed by atoms with E-state index in [1.807, 2.05) is 11.9 Å². The van der Waals surface area contributed by atoms with Crippen molar-refractivity contribution in [1.29, 1.82) is 5.26 Å². The lowest BCUT2D eigenvalue weighted by atomic mass is 9.84. The topological polar surface area (TPSA) is 129 Å². The predicted octanol–water partition coefficient (Wildman–Crippen LogP) is 1.49. The first-order valence-electron chi connectivity index (χ1n) is 13.2. The van der Waals surface area contributed by atoms with Crippen LogP contribution in [-0.2, 0) is 19.0 Å². The lowest BCUT2D eigenvalue weighted by Crippen LogP contribution is -2.56. The van der Waals surface area contributed by atoms with E-state index in [1.54, 1.807) is 0 Å². The van der Waals surface area contributed by atoms with Crippen LogP contribution in [0.1, 0.15) is 51.4 Å². The van der Waals surface area contributed by atoms with E-state index < -0.39 is 17.7 Å². The van der Waals surface area contributed by atoms with E-state index >= 15 is 0 Å². The molecule has 0 aromatic carbocycles. The van der Waals surface area contributed by atoms with Gasteiger partial charge >= 0.3 is 6.09 Å². The zero-order valence-corrected chi connectivity index (χ0v) is 21.8. The number of nitrogens with one attached hydrogen (secondary N) is 2. The van der Waals surface area contributed by atoms with Crippen molar-refractivity contribution in [3.8, 4) is 6.07 Å². The minimum atomic E-state index is -0.893. The Morgan fingerprint density at radius 1 is 1.14 bits per heavy atom. The third kappa shape index (κ3) is 8.61. The maximum atomic E-state index is 13.7. The number of carbonyl (C=O) groups is 2. The van der Waals surface area contributed by atoms with Crippen LogP contribution < -0.4 is 10.6 Å². The van der Waals surface area contributed by atoms with Crippen LogP contribution in [0.4, 0.5) is 4.79 Å². The zero-order valence-electron chi connectivity index (χ0n) is 21.8. The second-order valence-corrected chi connectivity index (χ2v) is 10.0. The summed E-state index contributed by atoms with van der Waals surface area (Å²) in [7, 11) is 3.56. The number of amides is 2. The van der Waals surface area contributed by atoms with Gasteiger partial charge in [-0.2, -0.15) is 5.26 Å². The Hall–Kier alpha value is -2.42. The minimum absolute atomic E-state index is 0.115. The number of piperidine rings is 1. The molecule has 202 valence electrons. The molecule has 0 aromatic heterocycles. The minimum Gasteiger partial charge on any atom is -0.447 e. The highest BCUT2D eigenvalue weighted by atomic mass is 16.6. The highest BCUT2D eigenvalue weighted by Crippen LogP contribution is 2.29. The van der Waals surface area contributed by atoms with Gasteiger partial charge in [0.2, 0.25) is 11.9 Å². The molecule has 11 nitrogen and oxygen atoms in total. The molecule has 2 aliphatic heterocycles. The molecule has 0 radical (unpaired) electrons. The molecule has 1 unspecified atom stereocenters. The summed E-state index contributed by atoms with van der Waals surface area (Å²) in [6, 6.07) is 1.66. The Bertz CT molecular complexity index is 780. The van der Waals surface area contributed by atoms with Crippen LogP contribution in [-0.4, -0.2) is 106 Å². The number of aliphatic imine (C=N–C) groups is 1. The van der Waals surface area contributed by atoms with Gasteiger partial charge in [0.25, 0.3) is 0 Å². The van der Waals surface area contributed by atoms with Gasteiger partial charge < -0.3 is 29.3 Å². The van der Waals surface area contributed by atoms with Crippen molar-refractivity contribution in [3.05, 3.63) is 0 Å². The number of nitriles is 1. The van der Waals surface area contributed by atoms with Gasteiger partial charge in [-0.3, -0.25) is 10.1 Å². The molecular weight excluding hydrogens is 464 g/mol. The van der Waals surface area contributed by atoms with Gasteiger partial charge in [-0.15, -0.1) is 0 Å². The standard InChI is InChI=1S/C25H42N6O5/c1-30-10-8-25(19-26,9-11-30)29-22(32)21(18-20-6-4-3-5-7-20)27-23(31-12-14-35-15-13-31)28-24(33)36-17-16-34-2/h20-21H,3-18H2,1-2H3,(H,29,32)(H,27,28,33). The maximum absolute atomic E-state index is 13.7. The Balaban J connectivity index is 1.81. The number of guanidine groups is 1. The van der Waals surface area contributed by atoms with Crippen molar-refractivity contribution < 1.29 is 23.8 Å². The molecule has 36 heavy (non-hydrogen) atoms. The molecule has 2 saturated heterocycles. The normalized spacial score (nSPS) is 22.4. The second kappa shape index (κ2) is 14.4. The highest BCUT2D eigenvalue weighted by Gasteiger charge is 2.38. The Labute approximate surface area is 214 Å². The van der Waals surface area contributed by atoms with E-state index in [0.29, 0.717) is 57.4 Å². The molecule has 1 atom stereocenters. The fourth-order valence-electron chi connectivity index (χ4n) is 5.00. The molecule has 1 aliphatic carbocycles. The number of rotatable bonds is 8. The number of ether oxygens (including phenoxy) is 3. The number of likely N-dealkylation sites (tertiary alicyclic amines) is 1. The molecular formula is C25H42N6O5. The average molecular weight is 507 g/mol. The van der Waals surface area contributed by atoms with Crippen LogP contribution >= 0.6 is 0 Å². The number of carbonyl (C=O) groups excluding carboxylic acids is 2. The third-order valence-electron chi connectivity index (χ3n) is 7.32. The van der Waals surface area contributed by atoms with Gasteiger partial charge in [-0.05, 0) is 32.2 Å². The van der Waals surface area contributed by atoms with E-state index in [-0.39, 0.29) is 19.1 Å². The van der Waals surface area contributed by atoms with Crippen molar-refractivity contribution in [2.75, 3.05) is 66.8 Å². The molecule has 11 heteroatoms. The van der Waals surface area contributed by atoms with Gasteiger partial charge in [-0.1, -0.05) is 32.1 Å². The summed E-state index contributed by atoms with van der Waals surface area (Å²) in [6.07, 6.45) is 6.74. The van der Waals surface area contributed by atoms with E-state index in [2.05, 4.69) is 21.6 Å². The maximum Gasteiger partial charge on any atom is 0.414 e. The van der Waals surface area contributed by atoms with E-state index in [0.717, 1.165) is 38.8 Å². The molecule has 2 heterocycles. The van der Waals surface area contributed by atoms with Gasteiger partial charge in [0, 0.05) is 33.3 Å². The SMILES string of the molecule is COCCOC(=O)N/C(=N/C(CC1CCCCC1)C(=O)NC1(C#N)CCN(C)CC1)N1CCOCC1. The van der Waals surface area contributed by atoms with Gasteiger partial charge in [0.15, 0.2) is 0 Å². The molecule has 2 amide bonds. The van der Waals surface area contributed by atoms with Crippen molar-refractivity contribution in [1.82, 2.24) is 20.4 Å². The molecule has 3 fully saturated rings. The average Bonchev–Trinajstić information content (AvgIpc) is 2.90. The van der Waals surface area contributed by atoms with E-state index in [1.165, 1.54) is 13.5 Å². The number of hydrogen-bond acceptors (Lipinski definition) is 8. The first kappa shape index (κ1) is 28.2. The Morgan fingerprint density at radius 3 is 2.47 bits per heavy atom. The summed E-state index contributed by atoms with van der Waals surface area (Å²) in [4.78, 5) is 35.0. The van der Waals surface area contributed by atoms with Crippen LogP contribution in [0.3, 0.4) is 0 Å². The van der Waals surface area contributed by atoms with Crippen LogP contribution in [0.2, 0.25) is 0 Å². The summed E-state index contributed by atoms with van der Waals surface area (Å²) in [6.45, 7) is 4.00. The summed E-state index contributed by atoms with van der Waals surface area (Å²) in [5, 5.41) is 15.8. The molecule has 3 rings (SSSR count). The largest absolute Gasteiger partial charge is 0.447 e. The zero-order chi connectivity index (χ0) is 25.8. The molecule has 0 spiro atoms. The fourth-order valence-corrected chi connectivity index (χ4v) is 5.00. The number of morpholine rings is 1. The van der Waals surface area contributed by atoms with Gasteiger partial charge in [-0.25, -0.2) is 9.79 Å².